The summed E-state index contributed by atoms with van der Waals surface area (Å²) >= 11 is 15.2. The predicted octanol–water partition coefficient (Wildman–Crippen LogP) is 6.31. The quantitative estimate of drug-likeness (QED) is 0.103. The number of carbonyl (C=O) groups excluding carboxylic acids is 4. The van der Waals surface area contributed by atoms with Gasteiger partial charge in [0.15, 0.2) is 6.10 Å². The summed E-state index contributed by atoms with van der Waals surface area (Å²) in [5.74, 6) is -4.56. The SMILES string of the molecule is Cc1ccc(C(=O)[C@H](C)OC(=O)[C@H](Cc2ccccc2)N2C(=O)[C@@H]3[C@@H](C2=O)C2(Cl)c4ccccc4C3(Cl)c3ccccc32)cc1. The Labute approximate surface area is 270 Å². The highest BCUT2D eigenvalue weighted by Gasteiger charge is 2.73. The summed E-state index contributed by atoms with van der Waals surface area (Å²) < 4.78 is 5.74. The van der Waals surface area contributed by atoms with Gasteiger partial charge in [0, 0.05) is 12.0 Å². The highest BCUT2D eigenvalue weighted by Crippen LogP contribution is 2.69. The van der Waals surface area contributed by atoms with Gasteiger partial charge in [-0.2, -0.15) is 0 Å². The lowest BCUT2D eigenvalue weighted by molar-refractivity contribution is -0.160. The first kappa shape index (κ1) is 29.5. The zero-order valence-corrected chi connectivity index (χ0v) is 26.1. The van der Waals surface area contributed by atoms with Crippen molar-refractivity contribution in [2.45, 2.75) is 42.2 Å². The van der Waals surface area contributed by atoms with Crippen LogP contribution in [0.4, 0.5) is 0 Å². The summed E-state index contributed by atoms with van der Waals surface area (Å²) in [6, 6.07) is 29.4. The summed E-state index contributed by atoms with van der Waals surface area (Å²) in [4.78, 5) is 54.7. The topological polar surface area (TPSA) is 80.8 Å². The van der Waals surface area contributed by atoms with E-state index < -0.39 is 57.3 Å². The van der Waals surface area contributed by atoms with Crippen LogP contribution in [0, 0.1) is 18.8 Å². The number of halogens is 2. The van der Waals surface area contributed by atoms with Crippen LogP contribution in [-0.2, 0) is 35.3 Å². The number of ether oxygens (including phenoxy) is 1. The number of likely N-dealkylation sites (tertiary alicyclic amines) is 1. The molecule has 0 saturated carbocycles. The number of aryl methyl sites for hydroxylation is 1. The molecule has 8 rings (SSSR count). The lowest BCUT2D eigenvalue weighted by Crippen LogP contribution is -2.57. The molecule has 226 valence electrons. The zero-order valence-electron chi connectivity index (χ0n) is 24.6. The van der Waals surface area contributed by atoms with Crippen LogP contribution >= 0.6 is 23.2 Å². The molecule has 1 heterocycles. The highest BCUT2D eigenvalue weighted by molar-refractivity contribution is 6.36. The lowest BCUT2D eigenvalue weighted by atomic mass is 9.54. The third-order valence-electron chi connectivity index (χ3n) is 9.47. The molecule has 45 heavy (non-hydrogen) atoms. The maximum Gasteiger partial charge on any atom is 0.330 e. The second kappa shape index (κ2) is 10.7. The molecule has 3 aliphatic carbocycles. The van der Waals surface area contributed by atoms with E-state index in [0.29, 0.717) is 33.4 Å². The van der Waals surface area contributed by atoms with Crippen molar-refractivity contribution >= 4 is 46.8 Å². The molecule has 2 bridgehead atoms. The van der Waals surface area contributed by atoms with E-state index in [4.69, 9.17) is 27.9 Å². The van der Waals surface area contributed by atoms with Crippen LogP contribution in [0.25, 0.3) is 0 Å². The van der Waals surface area contributed by atoms with Crippen LogP contribution in [0.15, 0.2) is 103 Å². The first-order valence-corrected chi connectivity index (χ1v) is 15.6. The molecule has 4 atom stereocenters. The van der Waals surface area contributed by atoms with E-state index in [0.717, 1.165) is 10.5 Å². The molecular weight excluding hydrogens is 609 g/mol. The number of carbonyl (C=O) groups is 4. The molecule has 0 aromatic heterocycles. The Hall–Kier alpha value is -4.26. The fraction of sp³-hybridized carbons (Fsp3) is 0.243. The van der Waals surface area contributed by atoms with E-state index in [1.54, 1.807) is 36.4 Å². The number of Topliss-reactive ketones (excluding diaryl/α,β-unsaturated/α-hetero) is 1. The van der Waals surface area contributed by atoms with Crippen molar-refractivity contribution in [2.75, 3.05) is 0 Å². The molecule has 4 aromatic carbocycles. The van der Waals surface area contributed by atoms with Crippen molar-refractivity contribution in [3.05, 3.63) is 142 Å². The van der Waals surface area contributed by atoms with Gasteiger partial charge in [-0.3, -0.25) is 19.3 Å². The number of ketones is 1. The van der Waals surface area contributed by atoms with E-state index in [-0.39, 0.29) is 6.42 Å². The second-order valence-electron chi connectivity index (χ2n) is 12.0. The fourth-order valence-electron chi connectivity index (χ4n) is 7.37. The molecule has 0 N–H and O–H groups in total. The monoisotopic (exact) mass is 637 g/mol. The van der Waals surface area contributed by atoms with Crippen LogP contribution in [0.3, 0.4) is 0 Å². The maximum atomic E-state index is 14.6. The number of amides is 2. The van der Waals surface area contributed by atoms with Crippen LogP contribution in [0.1, 0.15) is 50.7 Å². The van der Waals surface area contributed by atoms with Gasteiger partial charge in [0.1, 0.15) is 15.8 Å². The van der Waals surface area contributed by atoms with Gasteiger partial charge in [-0.25, -0.2) is 4.79 Å². The molecule has 0 radical (unpaired) electrons. The average molecular weight is 639 g/mol. The number of imide groups is 1. The Balaban J connectivity index is 1.30. The molecule has 1 saturated heterocycles. The van der Waals surface area contributed by atoms with Crippen molar-refractivity contribution < 1.29 is 23.9 Å². The molecule has 0 spiro atoms. The molecule has 4 aliphatic rings. The number of esters is 1. The standard InChI is InChI=1S/C37H29Cl2NO5/c1-21-16-18-24(19-17-21)32(41)22(2)45-35(44)29(20-23-10-4-3-5-11-23)40-33(42)30-31(34(40)43)37(39)26-13-7-6-12-25(26)36(30,38)27-14-8-9-15-28(27)37/h3-19,22,29-31H,20H2,1-2H3/t22-,29-,30-,31-,36?,37?/m0/s1. The molecule has 2 amide bonds. The maximum absolute atomic E-state index is 14.6. The van der Waals surface area contributed by atoms with E-state index in [1.165, 1.54) is 6.92 Å². The van der Waals surface area contributed by atoms with Crippen LogP contribution in [-0.4, -0.2) is 40.6 Å². The number of hydrogen-bond acceptors (Lipinski definition) is 5. The Morgan fingerprint density at radius 2 is 1.18 bits per heavy atom. The largest absolute Gasteiger partial charge is 0.453 e. The molecule has 4 aromatic rings. The number of alkyl halides is 2. The highest BCUT2D eigenvalue weighted by atomic mass is 35.5. The number of hydrogen-bond donors (Lipinski definition) is 0. The zero-order chi connectivity index (χ0) is 31.7. The molecule has 8 heteroatoms. The molecule has 1 fully saturated rings. The number of nitrogens with zero attached hydrogens (tertiary/aromatic N) is 1. The Morgan fingerprint density at radius 3 is 1.64 bits per heavy atom. The lowest BCUT2D eigenvalue weighted by Gasteiger charge is -2.54. The Bertz CT molecular complexity index is 1750. The van der Waals surface area contributed by atoms with Gasteiger partial charge >= 0.3 is 5.97 Å². The summed E-state index contributed by atoms with van der Waals surface area (Å²) in [6.45, 7) is 3.40. The van der Waals surface area contributed by atoms with Crippen LogP contribution < -0.4 is 0 Å². The number of rotatable bonds is 7. The average Bonchev–Trinajstić information content (AvgIpc) is 3.33. The van der Waals surface area contributed by atoms with Gasteiger partial charge in [0.05, 0.1) is 11.8 Å². The van der Waals surface area contributed by atoms with Crippen molar-refractivity contribution in [3.8, 4) is 0 Å². The third kappa shape index (κ3) is 4.23. The molecule has 0 unspecified atom stereocenters. The van der Waals surface area contributed by atoms with Gasteiger partial charge < -0.3 is 4.74 Å². The minimum Gasteiger partial charge on any atom is -0.453 e. The summed E-state index contributed by atoms with van der Waals surface area (Å²) in [5, 5.41) is 0. The minimum atomic E-state index is -1.38. The van der Waals surface area contributed by atoms with E-state index in [2.05, 4.69) is 0 Å². The molecule has 1 aliphatic heterocycles. The number of benzene rings is 4. The predicted molar refractivity (Wildman–Crippen MR) is 170 cm³/mol. The van der Waals surface area contributed by atoms with E-state index in [9.17, 15) is 19.2 Å². The van der Waals surface area contributed by atoms with Crippen LogP contribution in [0.5, 0.6) is 0 Å². The van der Waals surface area contributed by atoms with Gasteiger partial charge in [0.25, 0.3) is 0 Å². The van der Waals surface area contributed by atoms with Gasteiger partial charge in [0.2, 0.25) is 17.6 Å². The third-order valence-corrected chi connectivity index (χ3v) is 10.8. The van der Waals surface area contributed by atoms with Gasteiger partial charge in [-0.05, 0) is 41.7 Å². The van der Waals surface area contributed by atoms with Crippen molar-refractivity contribution in [1.82, 2.24) is 4.90 Å². The van der Waals surface area contributed by atoms with Gasteiger partial charge in [-0.1, -0.05) is 109 Å². The second-order valence-corrected chi connectivity index (χ2v) is 13.2. The fourth-order valence-corrected chi connectivity index (χ4v) is 8.47. The van der Waals surface area contributed by atoms with Crippen molar-refractivity contribution in [2.24, 2.45) is 11.8 Å². The Kier molecular flexibility index (Phi) is 6.99. The van der Waals surface area contributed by atoms with Crippen molar-refractivity contribution in [3.63, 3.8) is 0 Å². The summed E-state index contributed by atoms with van der Waals surface area (Å²) in [7, 11) is 0. The first-order valence-electron chi connectivity index (χ1n) is 14.9. The minimum absolute atomic E-state index is 0.00744. The van der Waals surface area contributed by atoms with Crippen molar-refractivity contribution in [1.29, 1.82) is 0 Å². The first-order chi connectivity index (χ1) is 21.6. The smallest absolute Gasteiger partial charge is 0.330 e. The van der Waals surface area contributed by atoms with E-state index >= 15 is 0 Å². The normalized spacial score (nSPS) is 25.6. The van der Waals surface area contributed by atoms with E-state index in [1.807, 2.05) is 73.7 Å². The summed E-state index contributed by atoms with van der Waals surface area (Å²) in [6.07, 6.45) is -1.16. The Morgan fingerprint density at radius 1 is 0.733 bits per heavy atom. The molecule has 6 nitrogen and oxygen atoms in total. The summed E-state index contributed by atoms with van der Waals surface area (Å²) in [5.41, 5.74) is 4.77. The molecular formula is C37H29Cl2NO5. The van der Waals surface area contributed by atoms with Gasteiger partial charge in [-0.15, -0.1) is 23.2 Å². The van der Waals surface area contributed by atoms with Crippen LogP contribution in [0.2, 0.25) is 0 Å².